The third kappa shape index (κ3) is 3.45. The molecule has 1 N–H and O–H groups in total. The Morgan fingerprint density at radius 3 is 2.43 bits per heavy atom. The van der Waals surface area contributed by atoms with Gasteiger partial charge in [-0.1, -0.05) is 18.2 Å². The molecule has 1 amide bonds. The lowest BCUT2D eigenvalue weighted by Crippen LogP contribution is -2.22. The van der Waals surface area contributed by atoms with Crippen molar-refractivity contribution in [1.82, 2.24) is 5.32 Å². The number of carbonyl (C=O) groups excluding carboxylic acids is 1. The number of rotatable bonds is 4. The Labute approximate surface area is 131 Å². The van der Waals surface area contributed by atoms with Crippen LogP contribution in [0.15, 0.2) is 65.1 Å². The fraction of sp³-hybridized carbons (Fsp3) is 0.0556. The molecule has 0 saturated heterocycles. The van der Waals surface area contributed by atoms with Crippen LogP contribution in [0.2, 0.25) is 0 Å². The average Bonchev–Trinajstić information content (AvgIpc) is 3.04. The summed E-state index contributed by atoms with van der Waals surface area (Å²) in [5.41, 5.74) is 1.06. The van der Waals surface area contributed by atoms with Crippen LogP contribution in [0.5, 0.6) is 0 Å². The van der Waals surface area contributed by atoms with Gasteiger partial charge in [-0.3, -0.25) is 4.79 Å². The second-order valence-corrected chi connectivity index (χ2v) is 4.94. The van der Waals surface area contributed by atoms with E-state index in [9.17, 15) is 13.6 Å². The summed E-state index contributed by atoms with van der Waals surface area (Å²) in [4.78, 5) is 12.0. The Kier molecular flexibility index (Phi) is 4.19. The standard InChI is InChI=1S/C18H13F2NO2/c19-14-7-5-12(6-8-14)16-9-10-17(23-16)18(22)21-11-13-3-1-2-4-15(13)20/h1-10H,11H2,(H,21,22). The summed E-state index contributed by atoms with van der Waals surface area (Å²) >= 11 is 0. The topological polar surface area (TPSA) is 42.2 Å². The van der Waals surface area contributed by atoms with Crippen LogP contribution in [0.1, 0.15) is 16.1 Å². The fourth-order valence-electron chi connectivity index (χ4n) is 2.13. The summed E-state index contributed by atoms with van der Waals surface area (Å²) in [6.45, 7) is 0.0675. The zero-order valence-electron chi connectivity index (χ0n) is 12.1. The van der Waals surface area contributed by atoms with Crippen molar-refractivity contribution < 1.29 is 18.0 Å². The van der Waals surface area contributed by atoms with Gasteiger partial charge in [-0.25, -0.2) is 8.78 Å². The molecule has 0 bridgehead atoms. The van der Waals surface area contributed by atoms with Gasteiger partial charge in [0.25, 0.3) is 5.91 Å². The normalized spacial score (nSPS) is 10.5. The predicted octanol–water partition coefficient (Wildman–Crippen LogP) is 4.15. The van der Waals surface area contributed by atoms with Crippen LogP contribution >= 0.6 is 0 Å². The van der Waals surface area contributed by atoms with Crippen molar-refractivity contribution in [2.24, 2.45) is 0 Å². The Morgan fingerprint density at radius 2 is 1.70 bits per heavy atom. The van der Waals surface area contributed by atoms with E-state index in [1.165, 1.54) is 24.3 Å². The van der Waals surface area contributed by atoms with Crippen LogP contribution in [-0.2, 0) is 6.54 Å². The molecular weight excluding hydrogens is 300 g/mol. The minimum Gasteiger partial charge on any atom is -0.451 e. The number of carbonyl (C=O) groups is 1. The van der Waals surface area contributed by atoms with Gasteiger partial charge < -0.3 is 9.73 Å². The first-order valence-corrected chi connectivity index (χ1v) is 7.01. The molecule has 3 nitrogen and oxygen atoms in total. The SMILES string of the molecule is O=C(NCc1ccccc1F)c1ccc(-c2ccc(F)cc2)o1. The zero-order valence-corrected chi connectivity index (χ0v) is 12.1. The van der Waals surface area contributed by atoms with E-state index in [2.05, 4.69) is 5.32 Å². The molecule has 0 aliphatic rings. The van der Waals surface area contributed by atoms with E-state index < -0.39 is 5.91 Å². The molecule has 0 saturated carbocycles. The van der Waals surface area contributed by atoms with Crippen molar-refractivity contribution in [3.8, 4) is 11.3 Å². The maximum atomic E-state index is 13.5. The van der Waals surface area contributed by atoms with Gasteiger partial charge in [0.2, 0.25) is 0 Å². The second-order valence-electron chi connectivity index (χ2n) is 4.94. The number of halogens is 2. The molecule has 0 aliphatic carbocycles. The zero-order chi connectivity index (χ0) is 16.2. The second kappa shape index (κ2) is 6.44. The lowest BCUT2D eigenvalue weighted by Gasteiger charge is -2.04. The lowest BCUT2D eigenvalue weighted by atomic mass is 10.2. The molecule has 0 radical (unpaired) electrons. The van der Waals surface area contributed by atoms with Crippen molar-refractivity contribution in [2.45, 2.75) is 6.54 Å². The monoisotopic (exact) mass is 313 g/mol. The Balaban J connectivity index is 1.69. The number of amides is 1. The highest BCUT2D eigenvalue weighted by Gasteiger charge is 2.12. The van der Waals surface area contributed by atoms with Gasteiger partial charge in [0.15, 0.2) is 5.76 Å². The predicted molar refractivity (Wildman–Crippen MR) is 81.7 cm³/mol. The van der Waals surface area contributed by atoms with Gasteiger partial charge in [0.1, 0.15) is 17.4 Å². The summed E-state index contributed by atoms with van der Waals surface area (Å²) in [6.07, 6.45) is 0. The summed E-state index contributed by atoms with van der Waals surface area (Å²) in [7, 11) is 0. The number of hydrogen-bond donors (Lipinski definition) is 1. The molecule has 0 aliphatic heterocycles. The molecule has 1 aromatic heterocycles. The van der Waals surface area contributed by atoms with Crippen LogP contribution in [-0.4, -0.2) is 5.91 Å². The molecule has 1 heterocycles. The first kappa shape index (κ1) is 15.0. The molecule has 0 unspecified atom stereocenters. The van der Waals surface area contributed by atoms with E-state index >= 15 is 0 Å². The van der Waals surface area contributed by atoms with E-state index in [1.54, 1.807) is 36.4 Å². The van der Waals surface area contributed by atoms with Gasteiger partial charge in [0, 0.05) is 17.7 Å². The van der Waals surface area contributed by atoms with E-state index in [-0.39, 0.29) is 23.9 Å². The van der Waals surface area contributed by atoms with Gasteiger partial charge in [-0.15, -0.1) is 0 Å². The molecule has 5 heteroatoms. The fourth-order valence-corrected chi connectivity index (χ4v) is 2.13. The van der Waals surface area contributed by atoms with Gasteiger partial charge in [-0.2, -0.15) is 0 Å². The average molecular weight is 313 g/mol. The molecule has 0 atom stereocenters. The van der Waals surface area contributed by atoms with E-state index in [4.69, 9.17) is 4.42 Å². The lowest BCUT2D eigenvalue weighted by molar-refractivity contribution is 0.0923. The summed E-state index contributed by atoms with van der Waals surface area (Å²) in [5.74, 6) is -0.592. The Hall–Kier alpha value is -2.95. The van der Waals surface area contributed by atoms with Crippen LogP contribution in [0.25, 0.3) is 11.3 Å². The van der Waals surface area contributed by atoms with Crippen molar-refractivity contribution in [1.29, 1.82) is 0 Å². The minimum atomic E-state index is -0.443. The molecule has 3 rings (SSSR count). The Bertz CT molecular complexity index is 825. The summed E-state index contributed by atoms with van der Waals surface area (Å²) in [6, 6.07) is 15.1. The third-order valence-electron chi connectivity index (χ3n) is 3.36. The number of nitrogens with one attached hydrogen (secondary N) is 1. The van der Waals surface area contributed by atoms with Crippen molar-refractivity contribution in [2.75, 3.05) is 0 Å². The molecular formula is C18H13F2NO2. The molecule has 0 spiro atoms. The van der Waals surface area contributed by atoms with Crippen LogP contribution in [0, 0.1) is 11.6 Å². The third-order valence-corrected chi connectivity index (χ3v) is 3.36. The van der Waals surface area contributed by atoms with Gasteiger partial charge in [0.05, 0.1) is 0 Å². The van der Waals surface area contributed by atoms with Crippen molar-refractivity contribution in [3.05, 3.63) is 83.6 Å². The smallest absolute Gasteiger partial charge is 0.287 e. The summed E-state index contributed by atoms with van der Waals surface area (Å²) in [5, 5.41) is 2.60. The quantitative estimate of drug-likeness (QED) is 0.786. The molecule has 116 valence electrons. The number of hydrogen-bond acceptors (Lipinski definition) is 2. The first-order chi connectivity index (χ1) is 11.1. The summed E-state index contributed by atoms with van der Waals surface area (Å²) < 4.78 is 31.9. The maximum Gasteiger partial charge on any atom is 0.287 e. The van der Waals surface area contributed by atoms with Crippen molar-refractivity contribution >= 4 is 5.91 Å². The molecule has 23 heavy (non-hydrogen) atoms. The highest BCUT2D eigenvalue weighted by Crippen LogP contribution is 2.22. The van der Waals surface area contributed by atoms with Crippen LogP contribution in [0.4, 0.5) is 8.78 Å². The van der Waals surface area contributed by atoms with Gasteiger partial charge in [-0.05, 0) is 42.5 Å². The number of benzene rings is 2. The highest BCUT2D eigenvalue weighted by atomic mass is 19.1. The Morgan fingerprint density at radius 1 is 0.957 bits per heavy atom. The minimum absolute atomic E-state index is 0.0675. The largest absolute Gasteiger partial charge is 0.451 e. The van der Waals surface area contributed by atoms with Crippen LogP contribution in [0.3, 0.4) is 0 Å². The molecule has 2 aromatic carbocycles. The molecule has 3 aromatic rings. The highest BCUT2D eigenvalue weighted by molar-refractivity contribution is 5.92. The van der Waals surface area contributed by atoms with Gasteiger partial charge >= 0.3 is 0 Å². The van der Waals surface area contributed by atoms with Crippen molar-refractivity contribution in [3.63, 3.8) is 0 Å². The van der Waals surface area contributed by atoms with Crippen LogP contribution < -0.4 is 5.32 Å². The first-order valence-electron chi connectivity index (χ1n) is 7.01. The van der Waals surface area contributed by atoms with E-state index in [1.807, 2.05) is 0 Å². The number of furan rings is 1. The maximum absolute atomic E-state index is 13.5. The van der Waals surface area contributed by atoms with E-state index in [0.29, 0.717) is 16.9 Å². The molecule has 0 fully saturated rings. The van der Waals surface area contributed by atoms with E-state index in [0.717, 1.165) is 0 Å².